The van der Waals surface area contributed by atoms with Gasteiger partial charge in [-0.1, -0.05) is 23.2 Å². The molecule has 0 aliphatic rings. The van der Waals surface area contributed by atoms with Gasteiger partial charge in [-0.15, -0.1) is 0 Å². The molecule has 15 heavy (non-hydrogen) atoms. The Bertz CT molecular complexity index is 486. The van der Waals surface area contributed by atoms with Gasteiger partial charge in [-0.05, 0) is 25.1 Å². The second kappa shape index (κ2) is 3.91. The Morgan fingerprint density at radius 1 is 1.33 bits per heavy atom. The molecule has 0 saturated carbocycles. The first kappa shape index (κ1) is 9.99. The molecule has 0 fully saturated rings. The smallest absolute Gasteiger partial charge is 0.197 e. The van der Waals surface area contributed by atoms with E-state index in [-0.39, 0.29) is 5.78 Å². The van der Waals surface area contributed by atoms with Crippen molar-refractivity contribution in [2.75, 3.05) is 0 Å². The Morgan fingerprint density at radius 2 is 2.13 bits per heavy atom. The molecule has 0 atom stereocenters. The van der Waals surface area contributed by atoms with E-state index in [9.17, 15) is 4.79 Å². The molecule has 2 nitrogen and oxygen atoms in total. The number of hydrogen-bond acceptors (Lipinski definition) is 2. The lowest BCUT2D eigenvalue weighted by Crippen LogP contribution is -2.00. The predicted octanol–water partition coefficient (Wildman–Crippen LogP) is 3.47. The summed E-state index contributed by atoms with van der Waals surface area (Å²) in [5, 5.41) is 0.465. The van der Waals surface area contributed by atoms with Gasteiger partial charge in [0.25, 0.3) is 0 Å². The third-order valence-corrected chi connectivity index (χ3v) is 2.48. The summed E-state index contributed by atoms with van der Waals surface area (Å²) in [6, 6.07) is 7.00. The maximum Gasteiger partial charge on any atom is 0.197 e. The first-order valence-corrected chi connectivity index (χ1v) is 4.89. The quantitative estimate of drug-likeness (QED) is 0.726. The van der Waals surface area contributed by atoms with Crippen LogP contribution in [-0.2, 0) is 0 Å². The fourth-order valence-electron chi connectivity index (χ4n) is 1.36. The van der Waals surface area contributed by atoms with Gasteiger partial charge in [0.05, 0.1) is 16.8 Å². The Hall–Kier alpha value is -1.54. The largest absolute Gasteiger partial charge is 0.472 e. The van der Waals surface area contributed by atoms with E-state index >= 15 is 0 Å². The highest BCUT2D eigenvalue weighted by Gasteiger charge is 2.13. The summed E-state index contributed by atoms with van der Waals surface area (Å²) >= 11 is 5.96. The van der Waals surface area contributed by atoms with Crippen molar-refractivity contribution in [1.82, 2.24) is 0 Å². The van der Waals surface area contributed by atoms with Crippen LogP contribution in [0.15, 0.2) is 41.2 Å². The number of rotatable bonds is 2. The van der Waals surface area contributed by atoms with Crippen molar-refractivity contribution in [1.29, 1.82) is 0 Å². The van der Waals surface area contributed by atoms with Crippen molar-refractivity contribution in [3.05, 3.63) is 58.5 Å². The van der Waals surface area contributed by atoms with Gasteiger partial charge in [0.1, 0.15) is 6.26 Å². The van der Waals surface area contributed by atoms with Crippen LogP contribution in [0.1, 0.15) is 21.5 Å². The minimum Gasteiger partial charge on any atom is -0.472 e. The van der Waals surface area contributed by atoms with Crippen molar-refractivity contribution < 1.29 is 9.21 Å². The fourth-order valence-corrected chi connectivity index (χ4v) is 1.57. The molecule has 0 bridgehead atoms. The van der Waals surface area contributed by atoms with Crippen LogP contribution in [0.4, 0.5) is 0 Å². The third-order valence-electron chi connectivity index (χ3n) is 2.15. The summed E-state index contributed by atoms with van der Waals surface area (Å²) in [5.74, 6) is -0.113. The molecule has 0 spiro atoms. The molecule has 3 heteroatoms. The molecular weight excluding hydrogens is 212 g/mol. The number of aryl methyl sites for hydroxylation is 1. The summed E-state index contributed by atoms with van der Waals surface area (Å²) in [5.41, 5.74) is 2.03. The zero-order valence-electron chi connectivity index (χ0n) is 8.16. The fraction of sp³-hybridized carbons (Fsp3) is 0.0833. The van der Waals surface area contributed by atoms with Crippen LogP contribution in [0.5, 0.6) is 0 Å². The number of carbonyl (C=O) groups excluding carboxylic acids is 1. The molecule has 0 N–H and O–H groups in total. The van der Waals surface area contributed by atoms with Gasteiger partial charge in [0, 0.05) is 5.56 Å². The highest BCUT2D eigenvalue weighted by atomic mass is 35.5. The van der Waals surface area contributed by atoms with Crippen LogP contribution in [0, 0.1) is 6.92 Å². The Balaban J connectivity index is 2.46. The van der Waals surface area contributed by atoms with E-state index in [1.54, 1.807) is 18.2 Å². The zero-order chi connectivity index (χ0) is 10.8. The van der Waals surface area contributed by atoms with Crippen LogP contribution in [-0.4, -0.2) is 5.78 Å². The monoisotopic (exact) mass is 220 g/mol. The number of furan rings is 1. The second-order valence-corrected chi connectivity index (χ2v) is 3.73. The van der Waals surface area contributed by atoms with E-state index in [0.717, 1.165) is 5.56 Å². The molecule has 1 aromatic carbocycles. The maximum absolute atomic E-state index is 11.9. The molecule has 0 aliphatic carbocycles. The standard InChI is InChI=1S/C12H9ClO2/c1-8-2-3-11(13)10(6-8)12(14)9-4-5-15-7-9/h2-7H,1H3. The first-order valence-electron chi connectivity index (χ1n) is 4.51. The zero-order valence-corrected chi connectivity index (χ0v) is 8.91. The molecule has 76 valence electrons. The minimum atomic E-state index is -0.113. The SMILES string of the molecule is Cc1ccc(Cl)c(C(=O)c2ccoc2)c1. The summed E-state index contributed by atoms with van der Waals surface area (Å²) < 4.78 is 4.86. The average molecular weight is 221 g/mol. The predicted molar refractivity (Wildman–Crippen MR) is 58.3 cm³/mol. The van der Waals surface area contributed by atoms with Gasteiger partial charge in [0.2, 0.25) is 0 Å². The van der Waals surface area contributed by atoms with Gasteiger partial charge in [-0.2, -0.15) is 0 Å². The normalized spacial score (nSPS) is 10.3. The Morgan fingerprint density at radius 3 is 2.80 bits per heavy atom. The topological polar surface area (TPSA) is 30.2 Å². The summed E-state index contributed by atoms with van der Waals surface area (Å²) in [7, 11) is 0. The van der Waals surface area contributed by atoms with Crippen molar-refractivity contribution in [2.45, 2.75) is 6.92 Å². The first-order chi connectivity index (χ1) is 7.18. The second-order valence-electron chi connectivity index (χ2n) is 3.32. The van der Waals surface area contributed by atoms with Crippen LogP contribution in [0.25, 0.3) is 0 Å². The lowest BCUT2D eigenvalue weighted by atomic mass is 10.0. The van der Waals surface area contributed by atoms with E-state index in [4.69, 9.17) is 16.0 Å². The molecule has 1 heterocycles. The van der Waals surface area contributed by atoms with Gasteiger partial charge in [0.15, 0.2) is 5.78 Å². The van der Waals surface area contributed by atoms with Crippen LogP contribution >= 0.6 is 11.6 Å². The number of carbonyl (C=O) groups is 1. The molecule has 2 rings (SSSR count). The van der Waals surface area contributed by atoms with E-state index in [1.807, 2.05) is 13.0 Å². The van der Waals surface area contributed by atoms with Crippen LogP contribution in [0.2, 0.25) is 5.02 Å². The van der Waals surface area contributed by atoms with Gasteiger partial charge < -0.3 is 4.42 Å². The molecule has 2 aromatic rings. The van der Waals surface area contributed by atoms with Crippen molar-refractivity contribution in [2.24, 2.45) is 0 Å². The van der Waals surface area contributed by atoms with Crippen molar-refractivity contribution in [3.63, 3.8) is 0 Å². The highest BCUT2D eigenvalue weighted by molar-refractivity contribution is 6.35. The molecular formula is C12H9ClO2. The van der Waals surface area contributed by atoms with E-state index in [0.29, 0.717) is 16.1 Å². The Kier molecular flexibility index (Phi) is 2.60. The highest BCUT2D eigenvalue weighted by Crippen LogP contribution is 2.20. The number of ketones is 1. The Labute approximate surface area is 92.5 Å². The molecule has 0 radical (unpaired) electrons. The summed E-state index contributed by atoms with van der Waals surface area (Å²) in [6.07, 6.45) is 2.89. The number of hydrogen-bond donors (Lipinski definition) is 0. The van der Waals surface area contributed by atoms with E-state index in [2.05, 4.69) is 0 Å². The van der Waals surface area contributed by atoms with Crippen LogP contribution < -0.4 is 0 Å². The lowest BCUT2D eigenvalue weighted by molar-refractivity contribution is 0.103. The van der Waals surface area contributed by atoms with Gasteiger partial charge in [-0.3, -0.25) is 4.79 Å². The maximum atomic E-state index is 11.9. The summed E-state index contributed by atoms with van der Waals surface area (Å²) in [4.78, 5) is 11.9. The van der Waals surface area contributed by atoms with E-state index < -0.39 is 0 Å². The molecule has 0 amide bonds. The van der Waals surface area contributed by atoms with Gasteiger partial charge >= 0.3 is 0 Å². The minimum absolute atomic E-state index is 0.113. The molecule has 0 aliphatic heterocycles. The molecule has 1 aromatic heterocycles. The van der Waals surface area contributed by atoms with E-state index in [1.165, 1.54) is 12.5 Å². The molecule has 0 saturated heterocycles. The van der Waals surface area contributed by atoms with Crippen molar-refractivity contribution in [3.8, 4) is 0 Å². The van der Waals surface area contributed by atoms with Crippen LogP contribution in [0.3, 0.4) is 0 Å². The lowest BCUT2D eigenvalue weighted by Gasteiger charge is -2.02. The third kappa shape index (κ3) is 1.95. The van der Waals surface area contributed by atoms with Gasteiger partial charge in [-0.25, -0.2) is 0 Å². The number of halogens is 1. The molecule has 0 unspecified atom stereocenters. The number of benzene rings is 1. The average Bonchev–Trinajstić information content (AvgIpc) is 2.74. The van der Waals surface area contributed by atoms with Crippen molar-refractivity contribution >= 4 is 17.4 Å². The summed E-state index contributed by atoms with van der Waals surface area (Å²) in [6.45, 7) is 1.92.